The number of Topliss-reactive ketones (excluding diaryl/α,β-unsaturated/α-hetero) is 1. The van der Waals surface area contributed by atoms with E-state index in [1.54, 1.807) is 6.92 Å². The number of hydrogen-bond acceptors (Lipinski definition) is 4. The molecule has 1 aliphatic heterocycles. The molecule has 2 amide bonds. The molecule has 3 aromatic rings. The number of piperidine rings is 1. The predicted octanol–water partition coefficient (Wildman–Crippen LogP) is 8.83. The summed E-state index contributed by atoms with van der Waals surface area (Å²) in [6.45, 7) is 6.80. The Bertz CT molecular complexity index is 1110. The molecule has 0 atom stereocenters. The van der Waals surface area contributed by atoms with E-state index in [0.29, 0.717) is 18.6 Å². The van der Waals surface area contributed by atoms with Gasteiger partial charge < -0.3 is 20.7 Å². The number of nitrogens with two attached hydrogens (primary N) is 1. The van der Waals surface area contributed by atoms with Crippen molar-refractivity contribution in [3.63, 3.8) is 0 Å². The van der Waals surface area contributed by atoms with Crippen LogP contribution in [0.15, 0.2) is 91.0 Å². The quantitative estimate of drug-likeness (QED) is 0.187. The number of nitrogens with zero attached hydrogens (tertiary/aromatic N) is 1. The van der Waals surface area contributed by atoms with Crippen LogP contribution in [0.1, 0.15) is 91.4 Å². The van der Waals surface area contributed by atoms with E-state index in [2.05, 4.69) is 19.2 Å². The van der Waals surface area contributed by atoms with Gasteiger partial charge in [0.05, 0.1) is 0 Å². The van der Waals surface area contributed by atoms with E-state index < -0.39 is 0 Å². The largest absolute Gasteiger partial charge is 0.399 e. The van der Waals surface area contributed by atoms with Crippen molar-refractivity contribution in [1.82, 2.24) is 0 Å². The Kier molecular flexibility index (Phi) is 20.4. The number of nitrogens with one attached hydrogen (secondary N) is 1. The zero-order chi connectivity index (χ0) is 30.8. The summed E-state index contributed by atoms with van der Waals surface area (Å²) < 4.78 is 0. The summed E-state index contributed by atoms with van der Waals surface area (Å²) in [6.07, 6.45) is 11.0. The zero-order valence-electron chi connectivity index (χ0n) is 25.9. The van der Waals surface area contributed by atoms with Gasteiger partial charge in [-0.15, -0.1) is 0 Å². The molecule has 6 nitrogen and oxygen atoms in total. The van der Waals surface area contributed by atoms with Crippen LogP contribution in [0, 0.1) is 0 Å². The first-order valence-electron chi connectivity index (χ1n) is 15.4. The molecule has 1 heterocycles. The van der Waals surface area contributed by atoms with Gasteiger partial charge in [-0.25, -0.2) is 0 Å². The van der Waals surface area contributed by atoms with Gasteiger partial charge in [0.2, 0.25) is 11.8 Å². The number of ketones is 1. The molecule has 0 aliphatic carbocycles. The van der Waals surface area contributed by atoms with Gasteiger partial charge in [0, 0.05) is 42.9 Å². The molecule has 0 aromatic heterocycles. The predicted molar refractivity (Wildman–Crippen MR) is 178 cm³/mol. The Hall–Kier alpha value is -3.93. The number of para-hydroxylation sites is 3. The highest BCUT2D eigenvalue weighted by molar-refractivity contribution is 5.94. The van der Waals surface area contributed by atoms with Crippen molar-refractivity contribution < 1.29 is 14.4 Å². The summed E-state index contributed by atoms with van der Waals surface area (Å²) in [5.74, 6) is 0.695. The van der Waals surface area contributed by atoms with Gasteiger partial charge >= 0.3 is 0 Å². The fourth-order valence-electron chi connectivity index (χ4n) is 4.04. The van der Waals surface area contributed by atoms with E-state index >= 15 is 0 Å². The second-order valence-corrected chi connectivity index (χ2v) is 10.3. The van der Waals surface area contributed by atoms with Crippen LogP contribution in [0.4, 0.5) is 17.1 Å². The Balaban J connectivity index is 0.000000292. The lowest BCUT2D eigenvalue weighted by Gasteiger charge is -2.26. The van der Waals surface area contributed by atoms with Crippen LogP contribution >= 0.6 is 0 Å². The Morgan fingerprint density at radius 2 is 1.26 bits per heavy atom. The second-order valence-electron chi connectivity index (χ2n) is 10.3. The van der Waals surface area contributed by atoms with E-state index in [0.717, 1.165) is 68.6 Å². The van der Waals surface area contributed by atoms with E-state index in [9.17, 15) is 14.4 Å². The molecule has 4 rings (SSSR count). The molecule has 228 valence electrons. The zero-order valence-corrected chi connectivity index (χ0v) is 25.9. The van der Waals surface area contributed by atoms with Crippen LogP contribution in [0.3, 0.4) is 0 Å². The third-order valence-corrected chi connectivity index (χ3v) is 6.39. The number of unbranched alkanes of at least 4 members (excludes halogenated alkanes) is 4. The Morgan fingerprint density at radius 1 is 0.738 bits per heavy atom. The third-order valence-electron chi connectivity index (χ3n) is 6.39. The molecular formula is C36H51N3O3. The van der Waals surface area contributed by atoms with Gasteiger partial charge in [0.1, 0.15) is 5.78 Å². The van der Waals surface area contributed by atoms with Crippen LogP contribution < -0.4 is 16.0 Å². The van der Waals surface area contributed by atoms with Crippen LogP contribution in [0.2, 0.25) is 0 Å². The highest BCUT2D eigenvalue weighted by atomic mass is 16.2. The molecule has 0 unspecified atom stereocenters. The summed E-state index contributed by atoms with van der Waals surface area (Å²) in [5, 5.41) is 2.86. The van der Waals surface area contributed by atoms with E-state index in [-0.39, 0.29) is 11.8 Å². The van der Waals surface area contributed by atoms with Crippen molar-refractivity contribution in [2.24, 2.45) is 0 Å². The molecule has 6 heteroatoms. The van der Waals surface area contributed by atoms with Gasteiger partial charge in [-0.05, 0) is 69.0 Å². The molecule has 0 spiro atoms. The molecular weight excluding hydrogens is 522 g/mol. The summed E-state index contributed by atoms with van der Waals surface area (Å²) in [5.41, 5.74) is 8.10. The molecule has 1 fully saturated rings. The number of nitrogen functional groups attached to an aromatic ring is 1. The number of benzene rings is 3. The van der Waals surface area contributed by atoms with E-state index in [1.807, 2.05) is 95.9 Å². The maximum absolute atomic E-state index is 11.5. The highest BCUT2D eigenvalue weighted by Gasteiger charge is 2.18. The minimum atomic E-state index is 0.115. The molecule has 1 saturated heterocycles. The fourth-order valence-corrected chi connectivity index (χ4v) is 4.04. The van der Waals surface area contributed by atoms with Crippen LogP contribution in [-0.4, -0.2) is 24.1 Å². The number of anilines is 3. The maximum Gasteiger partial charge on any atom is 0.226 e. The van der Waals surface area contributed by atoms with Crippen molar-refractivity contribution in [1.29, 1.82) is 0 Å². The smallest absolute Gasteiger partial charge is 0.226 e. The summed E-state index contributed by atoms with van der Waals surface area (Å²) >= 11 is 0. The van der Waals surface area contributed by atoms with Crippen molar-refractivity contribution in [2.45, 2.75) is 91.4 Å². The fraction of sp³-hybridized carbons (Fsp3) is 0.417. The van der Waals surface area contributed by atoms with Crippen molar-refractivity contribution in [2.75, 3.05) is 22.5 Å². The first kappa shape index (κ1) is 36.1. The van der Waals surface area contributed by atoms with Crippen molar-refractivity contribution in [3.05, 3.63) is 91.0 Å². The molecule has 0 saturated carbocycles. The van der Waals surface area contributed by atoms with E-state index in [1.165, 1.54) is 12.8 Å². The van der Waals surface area contributed by atoms with Gasteiger partial charge in [-0.2, -0.15) is 0 Å². The lowest BCUT2D eigenvalue weighted by molar-refractivity contribution is -0.119. The number of carbonyl (C=O) groups is 3. The van der Waals surface area contributed by atoms with Crippen molar-refractivity contribution >= 4 is 34.7 Å². The molecule has 0 radical (unpaired) electrons. The number of carbonyl (C=O) groups excluding carboxylic acids is 3. The normalized spacial score (nSPS) is 11.9. The minimum absolute atomic E-state index is 0.115. The van der Waals surface area contributed by atoms with Gasteiger partial charge in [0.15, 0.2) is 0 Å². The van der Waals surface area contributed by atoms with Gasteiger partial charge in [0.25, 0.3) is 0 Å². The Labute approximate surface area is 253 Å². The average molecular weight is 574 g/mol. The maximum atomic E-state index is 11.5. The van der Waals surface area contributed by atoms with Crippen LogP contribution in [0.5, 0.6) is 0 Å². The number of amides is 2. The number of hydrogen-bond donors (Lipinski definition) is 2. The summed E-state index contributed by atoms with van der Waals surface area (Å²) in [6, 6.07) is 28.9. The SMILES string of the molecule is CCCCCC(=O)Nc1ccccc1.CCCCCC(C)=O.Nc1ccccc1.O=C1CCCCN1c1ccccc1. The van der Waals surface area contributed by atoms with Crippen molar-refractivity contribution in [3.8, 4) is 0 Å². The average Bonchev–Trinajstić information content (AvgIpc) is 3.00. The second kappa shape index (κ2) is 23.7. The standard InChI is InChI=1S/C12H17NO.C11H13NO.C7H14O.C6H7N/c1-2-3-5-10-12(14)13-11-8-6-4-7-9-11;13-11-8-4-5-9-12(11)10-6-2-1-3-7-10;1-3-4-5-6-7(2)8;7-6-4-2-1-3-5-6/h4,6-9H,2-3,5,10H2,1H3,(H,13,14);1-3,6-7H,4-5,8-9H2;3-6H2,1-2H3;1-5H,7H2. The van der Waals surface area contributed by atoms with Gasteiger partial charge in [-0.3, -0.25) is 9.59 Å². The third kappa shape index (κ3) is 18.4. The topological polar surface area (TPSA) is 92.5 Å². The first-order chi connectivity index (χ1) is 20.4. The number of rotatable bonds is 10. The van der Waals surface area contributed by atoms with Crippen LogP contribution in [-0.2, 0) is 14.4 Å². The minimum Gasteiger partial charge on any atom is -0.399 e. The first-order valence-corrected chi connectivity index (χ1v) is 15.4. The highest BCUT2D eigenvalue weighted by Crippen LogP contribution is 2.19. The lowest BCUT2D eigenvalue weighted by Crippen LogP contribution is -2.35. The Morgan fingerprint density at radius 3 is 1.74 bits per heavy atom. The molecule has 0 bridgehead atoms. The summed E-state index contributed by atoms with van der Waals surface area (Å²) in [7, 11) is 0. The molecule has 1 aliphatic rings. The lowest BCUT2D eigenvalue weighted by atomic mass is 10.1. The van der Waals surface area contributed by atoms with Gasteiger partial charge in [-0.1, -0.05) is 94.1 Å². The molecule has 3 N–H and O–H groups in total. The monoisotopic (exact) mass is 573 g/mol. The molecule has 3 aromatic carbocycles. The summed E-state index contributed by atoms with van der Waals surface area (Å²) in [4.78, 5) is 35.1. The van der Waals surface area contributed by atoms with E-state index in [4.69, 9.17) is 5.73 Å². The molecule has 42 heavy (non-hydrogen) atoms. The van der Waals surface area contributed by atoms with Crippen LogP contribution in [0.25, 0.3) is 0 Å².